The average molecular weight is 371 g/mol. The number of rotatable bonds is 17. The van der Waals surface area contributed by atoms with Gasteiger partial charge in [0.25, 0.3) is 0 Å². The lowest BCUT2D eigenvalue weighted by atomic mass is 10.0. The number of aliphatic hydroxyl groups excluding tert-OH is 1. The van der Waals surface area contributed by atoms with Crippen molar-refractivity contribution in [2.24, 2.45) is 0 Å². The summed E-state index contributed by atoms with van der Waals surface area (Å²) in [6.07, 6.45) is 14.0. The molecule has 0 aromatic carbocycles. The molecule has 0 aliphatic rings. The van der Waals surface area contributed by atoms with Gasteiger partial charge in [-0.1, -0.05) is 51.0 Å². The van der Waals surface area contributed by atoms with E-state index in [0.29, 0.717) is 6.42 Å². The van der Waals surface area contributed by atoms with Crippen LogP contribution in [0.4, 0.5) is 0 Å². The molecule has 0 aliphatic carbocycles. The van der Waals surface area contributed by atoms with E-state index in [1.165, 1.54) is 58.8 Å². The summed E-state index contributed by atoms with van der Waals surface area (Å²) in [5.74, 6) is -0.764. The van der Waals surface area contributed by atoms with Crippen LogP contribution in [0.25, 0.3) is 0 Å². The van der Waals surface area contributed by atoms with E-state index in [4.69, 9.17) is 9.47 Å². The Balaban J connectivity index is 3.75. The second kappa shape index (κ2) is 17.1. The molecule has 26 heavy (non-hydrogen) atoms. The summed E-state index contributed by atoms with van der Waals surface area (Å²) >= 11 is 0. The predicted molar refractivity (Wildman–Crippen MR) is 104 cm³/mol. The summed E-state index contributed by atoms with van der Waals surface area (Å²) in [6, 6.07) is 0. The van der Waals surface area contributed by atoms with Gasteiger partial charge in [-0.3, -0.25) is 9.59 Å². The number of aliphatic hydroxyl groups is 1. The van der Waals surface area contributed by atoms with E-state index in [0.717, 1.165) is 25.7 Å². The van der Waals surface area contributed by atoms with Crippen molar-refractivity contribution < 1.29 is 24.2 Å². The molecule has 0 unspecified atom stereocenters. The first-order chi connectivity index (χ1) is 12.5. The van der Waals surface area contributed by atoms with Crippen LogP contribution in [0.15, 0.2) is 12.7 Å². The van der Waals surface area contributed by atoms with E-state index in [1.807, 2.05) is 6.08 Å². The molecule has 0 aliphatic heterocycles. The largest absolute Gasteiger partial charge is 0.463 e. The minimum atomic E-state index is -0.802. The molecule has 0 bridgehead atoms. The third-order valence-electron chi connectivity index (χ3n) is 4.28. The van der Waals surface area contributed by atoms with Crippen molar-refractivity contribution in [2.75, 3.05) is 6.61 Å². The maximum absolute atomic E-state index is 11.2. The highest BCUT2D eigenvalue weighted by atomic mass is 16.5. The fourth-order valence-corrected chi connectivity index (χ4v) is 2.94. The molecule has 0 amide bonds. The lowest BCUT2D eigenvalue weighted by molar-refractivity contribution is -0.151. The van der Waals surface area contributed by atoms with Crippen molar-refractivity contribution in [1.29, 1.82) is 0 Å². The molecule has 0 aromatic heterocycles. The number of hydrogen-bond acceptors (Lipinski definition) is 5. The number of hydrogen-bond donors (Lipinski definition) is 1. The molecule has 0 radical (unpaired) electrons. The Labute approximate surface area is 159 Å². The summed E-state index contributed by atoms with van der Waals surface area (Å²) in [5.41, 5.74) is 0. The summed E-state index contributed by atoms with van der Waals surface area (Å²) in [5, 5.41) is 9.88. The van der Waals surface area contributed by atoms with Crippen molar-refractivity contribution in [3.8, 4) is 0 Å². The van der Waals surface area contributed by atoms with E-state index < -0.39 is 12.1 Å². The molecule has 0 saturated heterocycles. The fraction of sp³-hybridized carbons (Fsp3) is 0.810. The molecule has 1 N–H and O–H groups in total. The van der Waals surface area contributed by atoms with Crippen molar-refractivity contribution in [3.63, 3.8) is 0 Å². The van der Waals surface area contributed by atoms with Gasteiger partial charge in [0.05, 0.1) is 6.10 Å². The van der Waals surface area contributed by atoms with E-state index in [9.17, 15) is 14.7 Å². The van der Waals surface area contributed by atoms with Crippen LogP contribution in [-0.2, 0) is 19.1 Å². The van der Waals surface area contributed by atoms with Crippen LogP contribution in [0.3, 0.4) is 0 Å². The second-order valence-electron chi connectivity index (χ2n) is 6.97. The number of esters is 2. The summed E-state index contributed by atoms with van der Waals surface area (Å²) in [6.45, 7) is 6.36. The van der Waals surface area contributed by atoms with Crippen molar-refractivity contribution in [1.82, 2.24) is 0 Å². The van der Waals surface area contributed by atoms with Gasteiger partial charge in [0.1, 0.15) is 12.7 Å². The molecule has 0 heterocycles. The smallest absolute Gasteiger partial charge is 0.302 e. The zero-order valence-corrected chi connectivity index (χ0v) is 16.7. The van der Waals surface area contributed by atoms with Gasteiger partial charge in [0.2, 0.25) is 0 Å². The van der Waals surface area contributed by atoms with Gasteiger partial charge in [-0.2, -0.15) is 0 Å². The van der Waals surface area contributed by atoms with Crippen LogP contribution >= 0.6 is 0 Å². The lowest BCUT2D eigenvalue weighted by Gasteiger charge is -2.20. The van der Waals surface area contributed by atoms with Gasteiger partial charge < -0.3 is 14.6 Å². The molecule has 2 atom stereocenters. The van der Waals surface area contributed by atoms with Crippen LogP contribution in [0.2, 0.25) is 0 Å². The minimum Gasteiger partial charge on any atom is -0.463 e. The number of carbonyl (C=O) groups excluding carboxylic acids is 2. The lowest BCUT2D eigenvalue weighted by Crippen LogP contribution is -2.26. The quantitative estimate of drug-likeness (QED) is 0.228. The maximum Gasteiger partial charge on any atom is 0.302 e. The van der Waals surface area contributed by atoms with Crippen molar-refractivity contribution in [2.45, 2.75) is 103 Å². The minimum absolute atomic E-state index is 0.0557. The van der Waals surface area contributed by atoms with Crippen LogP contribution < -0.4 is 0 Å². The Morgan fingerprint density at radius 1 is 0.923 bits per heavy atom. The number of unbranched alkanes of at least 4 members (excludes halogenated alkanes) is 9. The monoisotopic (exact) mass is 370 g/mol. The molecule has 152 valence electrons. The summed E-state index contributed by atoms with van der Waals surface area (Å²) in [7, 11) is 0. The highest BCUT2D eigenvalue weighted by molar-refractivity contribution is 5.66. The molecule has 5 nitrogen and oxygen atoms in total. The van der Waals surface area contributed by atoms with Gasteiger partial charge in [-0.05, 0) is 25.7 Å². The van der Waals surface area contributed by atoms with Gasteiger partial charge in [-0.25, -0.2) is 0 Å². The first-order valence-corrected chi connectivity index (χ1v) is 10.0. The molecule has 0 rings (SSSR count). The highest BCUT2D eigenvalue weighted by Crippen LogP contribution is 2.16. The Kier molecular flexibility index (Phi) is 16.2. The molecule has 0 spiro atoms. The van der Waals surface area contributed by atoms with E-state index >= 15 is 0 Å². The Hall–Kier alpha value is -1.36. The van der Waals surface area contributed by atoms with Gasteiger partial charge in [0, 0.05) is 20.3 Å². The number of ether oxygens (including phenoxy) is 2. The molecule has 5 heteroatoms. The third-order valence-corrected chi connectivity index (χ3v) is 4.28. The van der Waals surface area contributed by atoms with Crippen molar-refractivity contribution >= 4 is 11.9 Å². The highest BCUT2D eigenvalue weighted by Gasteiger charge is 2.18. The zero-order valence-electron chi connectivity index (χ0n) is 16.7. The topological polar surface area (TPSA) is 72.8 Å². The Bertz CT molecular complexity index is 381. The number of carbonyl (C=O) groups is 2. The van der Waals surface area contributed by atoms with Crippen LogP contribution in [0.5, 0.6) is 0 Å². The fourth-order valence-electron chi connectivity index (χ4n) is 2.94. The van der Waals surface area contributed by atoms with Crippen LogP contribution in [-0.4, -0.2) is 35.9 Å². The van der Waals surface area contributed by atoms with Gasteiger partial charge >= 0.3 is 11.9 Å². The van der Waals surface area contributed by atoms with Gasteiger partial charge in [0.15, 0.2) is 0 Å². The first kappa shape index (κ1) is 24.6. The second-order valence-corrected chi connectivity index (χ2v) is 6.97. The standard InChI is InChI=1S/C21H38O5/c1-4-5-6-7-8-9-10-11-12-13-14-15-21(26-19(3)23)16-20(24)17-25-18(2)22/h4,20-21,24H,1,5-17H2,2-3H3/t20-,21-/m1/s1. The normalized spacial score (nSPS) is 13.0. The van der Waals surface area contributed by atoms with Gasteiger partial charge in [-0.15, -0.1) is 6.58 Å². The molecule has 0 aromatic rings. The third kappa shape index (κ3) is 17.5. The molecule has 0 saturated carbocycles. The SMILES string of the molecule is C=CCCCCCCCCCCC[C@H](C[C@@H](O)COC(C)=O)OC(C)=O. The Morgan fingerprint density at radius 2 is 1.46 bits per heavy atom. The predicted octanol–water partition coefficient (Wildman–Crippen LogP) is 4.71. The summed E-state index contributed by atoms with van der Waals surface area (Å²) in [4.78, 5) is 22.0. The van der Waals surface area contributed by atoms with Crippen molar-refractivity contribution in [3.05, 3.63) is 12.7 Å². The zero-order chi connectivity index (χ0) is 19.6. The first-order valence-electron chi connectivity index (χ1n) is 10.0. The van der Waals surface area contributed by atoms with E-state index in [1.54, 1.807) is 0 Å². The van der Waals surface area contributed by atoms with Crippen LogP contribution in [0, 0.1) is 0 Å². The summed E-state index contributed by atoms with van der Waals surface area (Å²) < 4.78 is 10.1. The van der Waals surface area contributed by atoms with E-state index in [2.05, 4.69) is 6.58 Å². The Morgan fingerprint density at radius 3 is 1.96 bits per heavy atom. The number of allylic oxidation sites excluding steroid dienone is 1. The van der Waals surface area contributed by atoms with E-state index in [-0.39, 0.29) is 18.7 Å². The van der Waals surface area contributed by atoms with Crippen LogP contribution in [0.1, 0.15) is 90.9 Å². The molecular formula is C21H38O5. The molecular weight excluding hydrogens is 332 g/mol. The molecule has 0 fully saturated rings. The maximum atomic E-state index is 11.2. The average Bonchev–Trinajstić information content (AvgIpc) is 2.57.